The van der Waals surface area contributed by atoms with Crippen molar-refractivity contribution < 1.29 is 13.2 Å². The number of carbonyl (C=O) groups is 1. The van der Waals surface area contributed by atoms with E-state index in [1.54, 1.807) is 37.3 Å². The highest BCUT2D eigenvalue weighted by molar-refractivity contribution is 7.89. The molecule has 0 atom stereocenters. The largest absolute Gasteiger partial charge is 0.355 e. The molecule has 122 valence electrons. The maximum absolute atomic E-state index is 12.4. The van der Waals surface area contributed by atoms with Crippen molar-refractivity contribution in [1.82, 2.24) is 10.0 Å². The van der Waals surface area contributed by atoms with Crippen LogP contribution in [0.3, 0.4) is 0 Å². The van der Waals surface area contributed by atoms with Gasteiger partial charge < -0.3 is 5.32 Å². The fourth-order valence-electron chi connectivity index (χ4n) is 2.01. The summed E-state index contributed by atoms with van der Waals surface area (Å²) in [6, 6.07) is 11.3. The highest BCUT2D eigenvalue weighted by Crippen LogP contribution is 2.16. The van der Waals surface area contributed by atoms with Gasteiger partial charge in [0.15, 0.2) is 0 Å². The summed E-state index contributed by atoms with van der Waals surface area (Å²) in [5, 5.41) is 3.09. The zero-order valence-electron chi connectivity index (χ0n) is 12.8. The van der Waals surface area contributed by atoms with Gasteiger partial charge in [0.05, 0.1) is 4.90 Å². The summed E-state index contributed by atoms with van der Waals surface area (Å²) in [6.45, 7) is 1.89. The summed E-state index contributed by atoms with van der Waals surface area (Å²) < 4.78 is 27.3. The minimum Gasteiger partial charge on any atom is -0.355 e. The SMILES string of the molecule is CNC(=O)c1cc(S(=O)(=O)NCc2ccc(Cl)cc2)ccc1C. The van der Waals surface area contributed by atoms with E-state index in [1.165, 1.54) is 19.2 Å². The van der Waals surface area contributed by atoms with Crippen molar-refractivity contribution >= 4 is 27.5 Å². The number of sulfonamides is 1. The van der Waals surface area contributed by atoms with Crippen LogP contribution in [0, 0.1) is 6.92 Å². The monoisotopic (exact) mass is 352 g/mol. The molecule has 0 spiro atoms. The van der Waals surface area contributed by atoms with Gasteiger partial charge in [-0.25, -0.2) is 13.1 Å². The Balaban J connectivity index is 2.22. The van der Waals surface area contributed by atoms with Crippen LogP contribution in [-0.4, -0.2) is 21.4 Å². The first-order chi connectivity index (χ1) is 10.8. The first kappa shape index (κ1) is 17.5. The van der Waals surface area contributed by atoms with E-state index in [2.05, 4.69) is 10.0 Å². The topological polar surface area (TPSA) is 75.3 Å². The number of amides is 1. The van der Waals surface area contributed by atoms with Crippen LogP contribution in [-0.2, 0) is 16.6 Å². The van der Waals surface area contributed by atoms with Crippen molar-refractivity contribution in [2.24, 2.45) is 0 Å². The van der Waals surface area contributed by atoms with Gasteiger partial charge in [0.1, 0.15) is 0 Å². The summed E-state index contributed by atoms with van der Waals surface area (Å²) in [5.41, 5.74) is 1.83. The van der Waals surface area contributed by atoms with Crippen LogP contribution in [0.25, 0.3) is 0 Å². The number of halogens is 1. The Bertz CT molecular complexity index is 818. The summed E-state index contributed by atoms with van der Waals surface area (Å²) in [7, 11) is -2.21. The molecule has 5 nitrogen and oxygen atoms in total. The summed E-state index contributed by atoms with van der Waals surface area (Å²) >= 11 is 5.80. The highest BCUT2D eigenvalue weighted by Gasteiger charge is 2.17. The van der Waals surface area contributed by atoms with E-state index in [4.69, 9.17) is 11.6 Å². The average molecular weight is 353 g/mol. The lowest BCUT2D eigenvalue weighted by Gasteiger charge is -2.10. The third kappa shape index (κ3) is 4.31. The number of benzene rings is 2. The molecule has 0 saturated heterocycles. The van der Waals surface area contributed by atoms with Crippen molar-refractivity contribution in [2.45, 2.75) is 18.4 Å². The Morgan fingerprint density at radius 1 is 1.13 bits per heavy atom. The molecule has 2 aromatic rings. The van der Waals surface area contributed by atoms with E-state index in [1.807, 2.05) is 0 Å². The van der Waals surface area contributed by atoms with E-state index in [9.17, 15) is 13.2 Å². The molecular formula is C16H17ClN2O3S. The van der Waals surface area contributed by atoms with E-state index < -0.39 is 10.0 Å². The van der Waals surface area contributed by atoms with Gasteiger partial charge in [0.2, 0.25) is 10.0 Å². The molecule has 0 aromatic heterocycles. The van der Waals surface area contributed by atoms with E-state index >= 15 is 0 Å². The molecule has 0 bridgehead atoms. The number of hydrogen-bond donors (Lipinski definition) is 2. The Morgan fingerprint density at radius 3 is 2.39 bits per heavy atom. The molecule has 0 aliphatic rings. The van der Waals surface area contributed by atoms with Crippen LogP contribution < -0.4 is 10.0 Å². The first-order valence-corrected chi connectivity index (χ1v) is 8.76. The van der Waals surface area contributed by atoms with Gasteiger partial charge in [0.25, 0.3) is 5.91 Å². The second-order valence-electron chi connectivity index (χ2n) is 5.01. The van der Waals surface area contributed by atoms with E-state index in [0.717, 1.165) is 5.56 Å². The summed E-state index contributed by atoms with van der Waals surface area (Å²) in [4.78, 5) is 11.8. The van der Waals surface area contributed by atoms with Gasteiger partial charge in [-0.1, -0.05) is 29.8 Å². The lowest BCUT2D eigenvalue weighted by Crippen LogP contribution is -2.24. The number of aryl methyl sites for hydroxylation is 1. The normalized spacial score (nSPS) is 11.3. The second kappa shape index (κ2) is 7.12. The molecule has 0 aliphatic heterocycles. The maximum Gasteiger partial charge on any atom is 0.251 e. The molecule has 0 heterocycles. The van der Waals surface area contributed by atoms with Gasteiger partial charge in [0, 0.05) is 24.2 Å². The van der Waals surface area contributed by atoms with Crippen molar-refractivity contribution in [1.29, 1.82) is 0 Å². The molecule has 7 heteroatoms. The van der Waals surface area contributed by atoms with Gasteiger partial charge in [-0.2, -0.15) is 0 Å². The number of nitrogens with one attached hydrogen (secondary N) is 2. The van der Waals surface area contributed by atoms with Crippen molar-refractivity contribution in [3.05, 3.63) is 64.2 Å². The molecule has 23 heavy (non-hydrogen) atoms. The van der Waals surface area contributed by atoms with Gasteiger partial charge in [-0.05, 0) is 42.3 Å². The van der Waals surface area contributed by atoms with Crippen molar-refractivity contribution in [2.75, 3.05) is 7.05 Å². The van der Waals surface area contributed by atoms with Gasteiger partial charge in [-0.3, -0.25) is 4.79 Å². The predicted octanol–water partition coefficient (Wildman–Crippen LogP) is 2.49. The quantitative estimate of drug-likeness (QED) is 0.868. The lowest BCUT2D eigenvalue weighted by atomic mass is 10.1. The van der Waals surface area contributed by atoms with Crippen LogP contribution in [0.4, 0.5) is 0 Å². The fourth-order valence-corrected chi connectivity index (χ4v) is 3.18. The Morgan fingerprint density at radius 2 is 1.78 bits per heavy atom. The molecule has 0 unspecified atom stereocenters. The first-order valence-electron chi connectivity index (χ1n) is 6.90. The Kier molecular flexibility index (Phi) is 5.41. The standard InChI is InChI=1S/C16H17ClN2O3S/c1-11-3-8-14(9-15(11)16(20)18-2)23(21,22)19-10-12-4-6-13(17)7-5-12/h3-9,19H,10H2,1-2H3,(H,18,20). The fraction of sp³-hybridized carbons (Fsp3) is 0.188. The molecule has 0 aliphatic carbocycles. The van der Waals surface area contributed by atoms with Crippen LogP contribution >= 0.6 is 11.6 Å². The van der Waals surface area contributed by atoms with E-state index in [-0.39, 0.29) is 17.3 Å². The van der Waals surface area contributed by atoms with Crippen LogP contribution in [0.2, 0.25) is 5.02 Å². The van der Waals surface area contributed by atoms with Gasteiger partial charge in [-0.15, -0.1) is 0 Å². The Hall–Kier alpha value is -1.89. The average Bonchev–Trinajstić information content (AvgIpc) is 2.54. The third-order valence-electron chi connectivity index (χ3n) is 3.37. The molecule has 0 fully saturated rings. The van der Waals surface area contributed by atoms with Crippen molar-refractivity contribution in [3.63, 3.8) is 0 Å². The minimum absolute atomic E-state index is 0.0515. The number of rotatable bonds is 5. The predicted molar refractivity (Wildman–Crippen MR) is 90.0 cm³/mol. The molecular weight excluding hydrogens is 336 g/mol. The third-order valence-corrected chi connectivity index (χ3v) is 5.02. The molecule has 0 saturated carbocycles. The maximum atomic E-state index is 12.4. The molecule has 2 aromatic carbocycles. The number of hydrogen-bond acceptors (Lipinski definition) is 3. The van der Waals surface area contributed by atoms with Crippen LogP contribution in [0.1, 0.15) is 21.5 Å². The van der Waals surface area contributed by atoms with Crippen LogP contribution in [0.15, 0.2) is 47.4 Å². The lowest BCUT2D eigenvalue weighted by molar-refractivity contribution is 0.0962. The highest BCUT2D eigenvalue weighted by atomic mass is 35.5. The summed E-state index contributed by atoms with van der Waals surface area (Å²) in [5.74, 6) is -0.322. The number of carbonyl (C=O) groups excluding carboxylic acids is 1. The molecule has 0 radical (unpaired) electrons. The summed E-state index contributed by atoms with van der Waals surface area (Å²) in [6.07, 6.45) is 0. The van der Waals surface area contributed by atoms with Crippen LogP contribution in [0.5, 0.6) is 0 Å². The second-order valence-corrected chi connectivity index (χ2v) is 7.21. The minimum atomic E-state index is -3.71. The zero-order valence-corrected chi connectivity index (χ0v) is 14.3. The Labute approximate surface area is 140 Å². The smallest absolute Gasteiger partial charge is 0.251 e. The van der Waals surface area contributed by atoms with E-state index in [0.29, 0.717) is 16.1 Å². The molecule has 2 N–H and O–H groups in total. The zero-order chi connectivity index (χ0) is 17.0. The van der Waals surface area contributed by atoms with Gasteiger partial charge >= 0.3 is 0 Å². The van der Waals surface area contributed by atoms with Crippen molar-refractivity contribution in [3.8, 4) is 0 Å². The molecule has 2 rings (SSSR count). The molecule has 1 amide bonds.